The lowest BCUT2D eigenvalue weighted by atomic mass is 10.0. The van der Waals surface area contributed by atoms with Crippen molar-refractivity contribution in [2.75, 3.05) is 27.4 Å². The smallest absolute Gasteiger partial charge is 0.123 e. The Hall–Kier alpha value is -1.85. The third-order valence-corrected chi connectivity index (χ3v) is 4.54. The highest BCUT2D eigenvalue weighted by atomic mass is 16.5. The molecule has 0 unspecified atom stereocenters. The number of aromatic nitrogens is 2. The summed E-state index contributed by atoms with van der Waals surface area (Å²) in [6, 6.07) is 8.75. The van der Waals surface area contributed by atoms with Crippen LogP contribution in [0.1, 0.15) is 30.3 Å². The zero-order valence-electron chi connectivity index (χ0n) is 13.9. The van der Waals surface area contributed by atoms with Gasteiger partial charge in [0.25, 0.3) is 0 Å². The third-order valence-electron chi connectivity index (χ3n) is 4.54. The number of rotatable bonds is 7. The minimum atomic E-state index is 0.402. The van der Waals surface area contributed by atoms with Crippen molar-refractivity contribution in [3.05, 3.63) is 48.0 Å². The molecule has 0 spiro atoms. The van der Waals surface area contributed by atoms with Crippen molar-refractivity contribution in [1.82, 2.24) is 14.5 Å². The molecule has 1 fully saturated rings. The van der Waals surface area contributed by atoms with Crippen LogP contribution in [0.25, 0.3) is 0 Å². The molecule has 1 saturated heterocycles. The van der Waals surface area contributed by atoms with E-state index in [4.69, 9.17) is 9.47 Å². The Labute approximate surface area is 137 Å². The fourth-order valence-electron chi connectivity index (χ4n) is 3.38. The summed E-state index contributed by atoms with van der Waals surface area (Å²) in [5.41, 5.74) is 1.28. The van der Waals surface area contributed by atoms with Crippen molar-refractivity contribution in [1.29, 1.82) is 0 Å². The normalized spacial score (nSPS) is 18.4. The molecular formula is C18H25N3O2. The number of ether oxygens (including phenoxy) is 2. The second-order valence-electron chi connectivity index (χ2n) is 5.90. The van der Waals surface area contributed by atoms with E-state index in [1.54, 1.807) is 14.2 Å². The maximum atomic E-state index is 5.55. The number of hydrogen-bond donors (Lipinski definition) is 0. The zero-order chi connectivity index (χ0) is 16.1. The first-order chi connectivity index (χ1) is 11.3. The second-order valence-corrected chi connectivity index (χ2v) is 5.90. The fraction of sp³-hybridized carbons (Fsp3) is 0.500. The standard InChI is InChI=1S/C18H25N3O2/c1-22-13-12-20-11-9-19-18(20)14-21-10-5-7-16(21)15-6-3-4-8-17(15)23-2/h3-4,6,8-9,11,16H,5,7,10,12-14H2,1-2H3/t16-/m1/s1. The average molecular weight is 315 g/mol. The van der Waals surface area contributed by atoms with Gasteiger partial charge in [0.15, 0.2) is 0 Å². The monoisotopic (exact) mass is 315 g/mol. The summed E-state index contributed by atoms with van der Waals surface area (Å²) < 4.78 is 12.9. The quantitative estimate of drug-likeness (QED) is 0.787. The molecule has 23 heavy (non-hydrogen) atoms. The lowest BCUT2D eigenvalue weighted by Crippen LogP contribution is -2.25. The molecule has 1 atom stereocenters. The Kier molecular flexibility index (Phi) is 5.31. The Morgan fingerprint density at radius 1 is 1.26 bits per heavy atom. The van der Waals surface area contributed by atoms with Crippen molar-refractivity contribution >= 4 is 0 Å². The molecule has 3 rings (SSSR count). The minimum absolute atomic E-state index is 0.402. The molecule has 2 aromatic rings. The van der Waals surface area contributed by atoms with Crippen LogP contribution in [0.4, 0.5) is 0 Å². The highest BCUT2D eigenvalue weighted by Crippen LogP contribution is 2.37. The summed E-state index contributed by atoms with van der Waals surface area (Å²) in [5.74, 6) is 2.08. The molecule has 5 nitrogen and oxygen atoms in total. The maximum absolute atomic E-state index is 5.55. The lowest BCUT2D eigenvalue weighted by Gasteiger charge is -2.26. The van der Waals surface area contributed by atoms with Crippen LogP contribution in [0, 0.1) is 0 Å². The molecule has 1 aromatic carbocycles. The van der Waals surface area contributed by atoms with Gasteiger partial charge in [0.1, 0.15) is 11.6 Å². The summed E-state index contributed by atoms with van der Waals surface area (Å²) in [6.45, 7) is 3.51. The van der Waals surface area contributed by atoms with E-state index in [9.17, 15) is 0 Å². The Morgan fingerprint density at radius 2 is 2.13 bits per heavy atom. The molecule has 0 bridgehead atoms. The first-order valence-electron chi connectivity index (χ1n) is 8.19. The number of nitrogens with zero attached hydrogens (tertiary/aromatic N) is 3. The van der Waals surface area contributed by atoms with Crippen LogP contribution >= 0.6 is 0 Å². The van der Waals surface area contributed by atoms with Gasteiger partial charge in [0.05, 0.1) is 20.3 Å². The summed E-state index contributed by atoms with van der Waals surface area (Å²) >= 11 is 0. The van der Waals surface area contributed by atoms with Crippen LogP contribution in [0.2, 0.25) is 0 Å². The largest absolute Gasteiger partial charge is 0.496 e. The van der Waals surface area contributed by atoms with Gasteiger partial charge in [-0.25, -0.2) is 4.98 Å². The highest BCUT2D eigenvalue weighted by molar-refractivity contribution is 5.36. The molecule has 0 amide bonds. The van der Waals surface area contributed by atoms with Crippen LogP contribution in [0.5, 0.6) is 5.75 Å². The Balaban J connectivity index is 1.76. The van der Waals surface area contributed by atoms with Crippen molar-refractivity contribution in [2.24, 2.45) is 0 Å². The van der Waals surface area contributed by atoms with E-state index >= 15 is 0 Å². The molecule has 2 heterocycles. The van der Waals surface area contributed by atoms with Crippen molar-refractivity contribution < 1.29 is 9.47 Å². The molecule has 1 aliphatic rings. The van der Waals surface area contributed by atoms with E-state index in [-0.39, 0.29) is 0 Å². The van der Waals surface area contributed by atoms with Gasteiger partial charge in [-0.05, 0) is 25.5 Å². The van der Waals surface area contributed by atoms with Gasteiger partial charge < -0.3 is 14.0 Å². The second kappa shape index (κ2) is 7.62. The molecule has 0 radical (unpaired) electrons. The van der Waals surface area contributed by atoms with E-state index in [2.05, 4.69) is 26.6 Å². The Morgan fingerprint density at radius 3 is 2.96 bits per heavy atom. The SMILES string of the molecule is COCCn1ccnc1CN1CCC[C@@H]1c1ccccc1OC. The fourth-order valence-corrected chi connectivity index (χ4v) is 3.38. The van der Waals surface area contributed by atoms with E-state index in [0.717, 1.165) is 31.2 Å². The molecule has 1 aliphatic heterocycles. The summed E-state index contributed by atoms with van der Waals surface area (Å²) in [5, 5.41) is 0. The number of para-hydroxylation sites is 1. The minimum Gasteiger partial charge on any atom is -0.496 e. The third kappa shape index (κ3) is 3.57. The topological polar surface area (TPSA) is 39.5 Å². The van der Waals surface area contributed by atoms with E-state index < -0.39 is 0 Å². The molecule has 1 aromatic heterocycles. The van der Waals surface area contributed by atoms with Crippen LogP contribution in [-0.4, -0.2) is 41.8 Å². The first kappa shape index (κ1) is 16.0. The van der Waals surface area contributed by atoms with Gasteiger partial charge in [-0.2, -0.15) is 0 Å². The molecule has 5 heteroatoms. The van der Waals surface area contributed by atoms with E-state index in [1.165, 1.54) is 18.4 Å². The van der Waals surface area contributed by atoms with Crippen molar-refractivity contribution in [2.45, 2.75) is 32.0 Å². The number of likely N-dealkylation sites (tertiary alicyclic amines) is 1. The van der Waals surface area contributed by atoms with E-state index in [0.29, 0.717) is 12.6 Å². The summed E-state index contributed by atoms with van der Waals surface area (Å²) in [4.78, 5) is 7.04. The van der Waals surface area contributed by atoms with Crippen molar-refractivity contribution in [3.63, 3.8) is 0 Å². The lowest BCUT2D eigenvalue weighted by molar-refractivity contribution is 0.182. The van der Waals surface area contributed by atoms with Gasteiger partial charge in [0.2, 0.25) is 0 Å². The predicted octanol–water partition coefficient (Wildman–Crippen LogP) is 2.88. The number of methoxy groups -OCH3 is 2. The van der Waals surface area contributed by atoms with Crippen LogP contribution in [0.15, 0.2) is 36.7 Å². The first-order valence-corrected chi connectivity index (χ1v) is 8.19. The summed E-state index contributed by atoms with van der Waals surface area (Å²) in [6.07, 6.45) is 6.28. The van der Waals surface area contributed by atoms with Gasteiger partial charge in [-0.15, -0.1) is 0 Å². The predicted molar refractivity (Wildman–Crippen MR) is 89.5 cm³/mol. The van der Waals surface area contributed by atoms with Crippen LogP contribution in [-0.2, 0) is 17.8 Å². The molecular weight excluding hydrogens is 290 g/mol. The Bertz CT molecular complexity index is 626. The molecule has 0 aliphatic carbocycles. The van der Waals surface area contributed by atoms with Crippen LogP contribution < -0.4 is 4.74 Å². The van der Waals surface area contributed by atoms with Gasteiger partial charge in [-0.1, -0.05) is 18.2 Å². The number of imidazole rings is 1. The molecule has 0 N–H and O–H groups in total. The van der Waals surface area contributed by atoms with Crippen LogP contribution in [0.3, 0.4) is 0 Å². The molecule has 124 valence electrons. The van der Waals surface area contributed by atoms with Gasteiger partial charge in [-0.3, -0.25) is 4.90 Å². The number of hydrogen-bond acceptors (Lipinski definition) is 4. The van der Waals surface area contributed by atoms with E-state index in [1.807, 2.05) is 24.5 Å². The average Bonchev–Trinajstić information content (AvgIpc) is 3.22. The maximum Gasteiger partial charge on any atom is 0.123 e. The molecule has 0 saturated carbocycles. The van der Waals surface area contributed by atoms with Crippen molar-refractivity contribution in [3.8, 4) is 5.75 Å². The zero-order valence-corrected chi connectivity index (χ0v) is 13.9. The number of benzene rings is 1. The van der Waals surface area contributed by atoms with Gasteiger partial charge >= 0.3 is 0 Å². The van der Waals surface area contributed by atoms with Gasteiger partial charge in [0, 0.05) is 37.7 Å². The summed E-state index contributed by atoms with van der Waals surface area (Å²) in [7, 11) is 3.48. The highest BCUT2D eigenvalue weighted by Gasteiger charge is 2.28.